The number of carbonyl (C=O) groups excluding carboxylic acids is 1. The second-order valence-corrected chi connectivity index (χ2v) is 7.10. The molecule has 2 aromatic heterocycles. The van der Waals surface area contributed by atoms with Gasteiger partial charge in [0.2, 0.25) is 0 Å². The predicted octanol–water partition coefficient (Wildman–Crippen LogP) is 5.53. The highest BCUT2D eigenvalue weighted by molar-refractivity contribution is 7.13. The topological polar surface area (TPSA) is 51.2 Å². The highest BCUT2D eigenvalue weighted by atomic mass is 32.1. The van der Waals surface area contributed by atoms with Crippen molar-refractivity contribution in [3.8, 4) is 21.9 Å². The molecule has 0 spiro atoms. The molecule has 2 heterocycles. The van der Waals surface area contributed by atoms with Crippen LogP contribution in [0.4, 0.5) is 0 Å². The Morgan fingerprint density at radius 2 is 1.79 bits per heavy atom. The van der Waals surface area contributed by atoms with Gasteiger partial charge in [0, 0.05) is 29.4 Å². The normalized spacial score (nSPS) is 10.4. The Kier molecular flexibility index (Phi) is 5.45. The van der Waals surface area contributed by atoms with Crippen molar-refractivity contribution >= 4 is 17.2 Å². The van der Waals surface area contributed by atoms with Crippen molar-refractivity contribution in [2.75, 3.05) is 0 Å². The van der Waals surface area contributed by atoms with Gasteiger partial charge >= 0.3 is 0 Å². The quantitative estimate of drug-likeness (QED) is 0.474. The fourth-order valence-corrected chi connectivity index (χ4v) is 3.51. The third kappa shape index (κ3) is 4.27. The van der Waals surface area contributed by atoms with E-state index >= 15 is 0 Å². The van der Waals surface area contributed by atoms with Crippen LogP contribution in [0, 0.1) is 0 Å². The van der Waals surface area contributed by atoms with Gasteiger partial charge in [-0.2, -0.15) is 0 Å². The molecule has 5 heteroatoms. The summed E-state index contributed by atoms with van der Waals surface area (Å²) in [5.41, 5.74) is 2.49. The fraction of sp³-hybridized carbons (Fsp3) is 0.0435. The molecule has 1 amide bonds. The summed E-state index contributed by atoms with van der Waals surface area (Å²) in [4.78, 5) is 18.2. The number of pyridine rings is 1. The van der Waals surface area contributed by atoms with Crippen LogP contribution in [0.5, 0.6) is 11.5 Å². The van der Waals surface area contributed by atoms with Crippen molar-refractivity contribution in [3.63, 3.8) is 0 Å². The van der Waals surface area contributed by atoms with Gasteiger partial charge in [-0.1, -0.05) is 36.4 Å². The number of rotatable bonds is 6. The van der Waals surface area contributed by atoms with Crippen LogP contribution in [0.25, 0.3) is 10.4 Å². The van der Waals surface area contributed by atoms with E-state index in [1.54, 1.807) is 29.7 Å². The maximum absolute atomic E-state index is 12.7. The Balaban J connectivity index is 1.47. The number of benzene rings is 2. The third-order valence-electron chi connectivity index (χ3n) is 4.16. The van der Waals surface area contributed by atoms with Crippen molar-refractivity contribution in [1.29, 1.82) is 0 Å². The summed E-state index contributed by atoms with van der Waals surface area (Å²) >= 11 is 1.66. The molecule has 0 aliphatic heterocycles. The van der Waals surface area contributed by atoms with E-state index in [-0.39, 0.29) is 5.91 Å². The number of nitrogens with one attached hydrogen (secondary N) is 1. The summed E-state index contributed by atoms with van der Waals surface area (Å²) in [6, 6.07) is 22.8. The molecule has 28 heavy (non-hydrogen) atoms. The summed E-state index contributed by atoms with van der Waals surface area (Å²) in [6.07, 6.45) is 3.60. The Bertz CT molecular complexity index is 1060. The standard InChI is InChI=1S/C23H18N2O2S/c26-23(20-9-4-5-10-21(20)27-19-7-2-1-3-8-19)25-15-17-13-18(16-24-14-17)22-11-6-12-28-22/h1-14,16H,15H2,(H,25,26). The summed E-state index contributed by atoms with van der Waals surface area (Å²) in [5, 5.41) is 4.99. The molecule has 2 aromatic carbocycles. The van der Waals surface area contributed by atoms with Crippen LogP contribution >= 0.6 is 11.3 Å². The van der Waals surface area contributed by atoms with Crippen LogP contribution in [0.1, 0.15) is 15.9 Å². The van der Waals surface area contributed by atoms with Crippen LogP contribution in [0.3, 0.4) is 0 Å². The van der Waals surface area contributed by atoms with E-state index in [2.05, 4.69) is 16.4 Å². The second kappa shape index (κ2) is 8.50. The third-order valence-corrected chi connectivity index (χ3v) is 5.08. The number of thiophene rings is 1. The van der Waals surface area contributed by atoms with Crippen molar-refractivity contribution in [3.05, 3.63) is 102 Å². The van der Waals surface area contributed by atoms with Gasteiger partial charge in [-0.3, -0.25) is 9.78 Å². The van der Waals surface area contributed by atoms with E-state index in [1.807, 2.05) is 66.2 Å². The molecule has 1 N–H and O–H groups in total. The van der Waals surface area contributed by atoms with Gasteiger partial charge in [0.1, 0.15) is 11.5 Å². The van der Waals surface area contributed by atoms with Crippen molar-refractivity contribution in [1.82, 2.24) is 10.3 Å². The average molecular weight is 386 g/mol. The minimum atomic E-state index is -0.187. The van der Waals surface area contributed by atoms with Crippen LogP contribution in [-0.2, 0) is 6.54 Å². The number of hydrogen-bond acceptors (Lipinski definition) is 4. The predicted molar refractivity (Wildman–Crippen MR) is 112 cm³/mol. The first-order chi connectivity index (χ1) is 13.8. The molecule has 0 aliphatic rings. The summed E-state index contributed by atoms with van der Waals surface area (Å²) in [5.74, 6) is 1.03. The summed E-state index contributed by atoms with van der Waals surface area (Å²) in [6.45, 7) is 0.394. The number of para-hydroxylation sites is 2. The van der Waals surface area contributed by atoms with Crippen molar-refractivity contribution < 1.29 is 9.53 Å². The first-order valence-electron chi connectivity index (χ1n) is 8.87. The fourth-order valence-electron chi connectivity index (χ4n) is 2.80. The molecule has 138 valence electrons. The first kappa shape index (κ1) is 17.9. The number of aromatic nitrogens is 1. The van der Waals surface area contributed by atoms with Gasteiger partial charge < -0.3 is 10.1 Å². The monoisotopic (exact) mass is 386 g/mol. The SMILES string of the molecule is O=C(NCc1cncc(-c2cccs2)c1)c1ccccc1Oc1ccccc1. The van der Waals surface area contributed by atoms with Crippen LogP contribution in [0.2, 0.25) is 0 Å². The molecule has 0 atom stereocenters. The largest absolute Gasteiger partial charge is 0.457 e. The second-order valence-electron chi connectivity index (χ2n) is 6.15. The minimum absolute atomic E-state index is 0.187. The van der Waals surface area contributed by atoms with E-state index in [9.17, 15) is 4.79 Å². The van der Waals surface area contributed by atoms with Crippen LogP contribution in [-0.4, -0.2) is 10.9 Å². The molecule has 0 radical (unpaired) electrons. The molecule has 0 unspecified atom stereocenters. The van der Waals surface area contributed by atoms with E-state index in [1.165, 1.54) is 0 Å². The van der Waals surface area contributed by atoms with Gasteiger partial charge in [-0.15, -0.1) is 11.3 Å². The Morgan fingerprint density at radius 1 is 0.964 bits per heavy atom. The molecule has 4 rings (SSSR count). The van der Waals surface area contributed by atoms with Crippen molar-refractivity contribution in [2.45, 2.75) is 6.54 Å². The highest BCUT2D eigenvalue weighted by Crippen LogP contribution is 2.26. The molecule has 0 saturated heterocycles. The number of ether oxygens (including phenoxy) is 1. The molecular formula is C23H18N2O2S. The zero-order valence-corrected chi connectivity index (χ0v) is 15.9. The lowest BCUT2D eigenvalue weighted by atomic mass is 10.1. The van der Waals surface area contributed by atoms with E-state index in [4.69, 9.17) is 4.74 Å². The van der Waals surface area contributed by atoms with Gasteiger partial charge in [0.15, 0.2) is 0 Å². The Morgan fingerprint density at radius 3 is 2.61 bits per heavy atom. The minimum Gasteiger partial charge on any atom is -0.457 e. The van der Waals surface area contributed by atoms with Gasteiger partial charge in [0.25, 0.3) is 5.91 Å². The molecule has 4 aromatic rings. The Hall–Kier alpha value is -3.44. The van der Waals surface area contributed by atoms with E-state index < -0.39 is 0 Å². The lowest BCUT2D eigenvalue weighted by Gasteiger charge is -2.11. The summed E-state index contributed by atoms with van der Waals surface area (Å²) < 4.78 is 5.88. The van der Waals surface area contributed by atoms with Crippen LogP contribution in [0.15, 0.2) is 90.6 Å². The van der Waals surface area contributed by atoms with E-state index in [0.717, 1.165) is 16.0 Å². The summed E-state index contributed by atoms with van der Waals surface area (Å²) in [7, 11) is 0. The van der Waals surface area contributed by atoms with Crippen LogP contribution < -0.4 is 10.1 Å². The number of nitrogens with zero attached hydrogens (tertiary/aromatic N) is 1. The Labute approximate surface area is 167 Å². The molecular weight excluding hydrogens is 368 g/mol. The number of hydrogen-bond donors (Lipinski definition) is 1. The smallest absolute Gasteiger partial charge is 0.255 e. The zero-order chi connectivity index (χ0) is 19.2. The molecule has 4 nitrogen and oxygen atoms in total. The van der Waals surface area contributed by atoms with Crippen molar-refractivity contribution in [2.24, 2.45) is 0 Å². The van der Waals surface area contributed by atoms with E-state index in [0.29, 0.717) is 23.6 Å². The van der Waals surface area contributed by atoms with Gasteiger partial charge in [0.05, 0.1) is 5.56 Å². The maximum Gasteiger partial charge on any atom is 0.255 e. The van der Waals surface area contributed by atoms with Gasteiger partial charge in [-0.25, -0.2) is 0 Å². The molecule has 0 aliphatic carbocycles. The molecule has 0 bridgehead atoms. The lowest BCUT2D eigenvalue weighted by molar-refractivity contribution is 0.0948. The molecule has 0 saturated carbocycles. The number of amides is 1. The average Bonchev–Trinajstić information content (AvgIpc) is 3.28. The first-order valence-corrected chi connectivity index (χ1v) is 9.75. The zero-order valence-electron chi connectivity index (χ0n) is 15.0. The molecule has 0 fully saturated rings. The number of carbonyl (C=O) groups is 1. The highest BCUT2D eigenvalue weighted by Gasteiger charge is 2.13. The maximum atomic E-state index is 12.7. The van der Waals surface area contributed by atoms with Gasteiger partial charge in [-0.05, 0) is 47.3 Å². The lowest BCUT2D eigenvalue weighted by Crippen LogP contribution is -2.23.